The number of aromatic nitrogens is 1. The second-order valence-corrected chi connectivity index (χ2v) is 8.06. The van der Waals surface area contributed by atoms with Crippen molar-refractivity contribution in [2.45, 2.75) is 38.1 Å². The van der Waals surface area contributed by atoms with E-state index in [9.17, 15) is 8.42 Å². The van der Waals surface area contributed by atoms with Gasteiger partial charge in [-0.1, -0.05) is 43.2 Å². The lowest BCUT2D eigenvalue weighted by molar-refractivity contribution is 0.600. The third kappa shape index (κ3) is 4.96. The molecule has 0 bridgehead atoms. The number of anilines is 2. The summed E-state index contributed by atoms with van der Waals surface area (Å²) in [5.74, 6) is 0.404. The van der Waals surface area contributed by atoms with E-state index in [1.54, 1.807) is 12.3 Å². The van der Waals surface area contributed by atoms with Gasteiger partial charge in [-0.3, -0.25) is 4.72 Å². The summed E-state index contributed by atoms with van der Waals surface area (Å²) >= 11 is 0. The molecule has 1 aromatic carbocycles. The van der Waals surface area contributed by atoms with Crippen LogP contribution in [0.1, 0.15) is 31.2 Å². The van der Waals surface area contributed by atoms with Crippen LogP contribution in [0.5, 0.6) is 0 Å². The number of hydrogen-bond acceptors (Lipinski definition) is 4. The average molecular weight is 345 g/mol. The fraction of sp³-hybridized carbons (Fsp3) is 0.389. The molecule has 2 N–H and O–H groups in total. The largest absolute Gasteiger partial charge is 0.381 e. The zero-order chi connectivity index (χ0) is 16.8. The highest BCUT2D eigenvalue weighted by Crippen LogP contribution is 2.22. The van der Waals surface area contributed by atoms with Crippen LogP contribution in [0.15, 0.2) is 48.7 Å². The maximum Gasteiger partial charge on any atom is 0.234 e. The van der Waals surface area contributed by atoms with Crippen LogP contribution in [0.2, 0.25) is 0 Å². The van der Waals surface area contributed by atoms with Gasteiger partial charge in [-0.25, -0.2) is 13.4 Å². The summed E-state index contributed by atoms with van der Waals surface area (Å²) < 4.78 is 26.9. The van der Waals surface area contributed by atoms with Gasteiger partial charge >= 0.3 is 0 Å². The third-order valence-electron chi connectivity index (χ3n) is 4.25. The summed E-state index contributed by atoms with van der Waals surface area (Å²) in [5, 5.41) is 3.44. The lowest BCUT2D eigenvalue weighted by Crippen LogP contribution is -2.19. The Hall–Kier alpha value is -2.08. The van der Waals surface area contributed by atoms with Crippen molar-refractivity contribution in [3.05, 3.63) is 54.2 Å². The first-order valence-electron chi connectivity index (χ1n) is 8.38. The summed E-state index contributed by atoms with van der Waals surface area (Å²) in [6.45, 7) is 0. The Labute approximate surface area is 143 Å². The molecule has 0 aliphatic heterocycles. The molecule has 1 fully saturated rings. The molecule has 0 atom stereocenters. The van der Waals surface area contributed by atoms with Crippen LogP contribution < -0.4 is 10.0 Å². The summed E-state index contributed by atoms with van der Waals surface area (Å²) in [6, 6.07) is 13.7. The maximum absolute atomic E-state index is 12.2. The third-order valence-corrected chi connectivity index (χ3v) is 5.51. The minimum Gasteiger partial charge on any atom is -0.381 e. The van der Waals surface area contributed by atoms with Crippen molar-refractivity contribution in [2.75, 3.05) is 15.8 Å². The van der Waals surface area contributed by atoms with Crippen LogP contribution in [0.3, 0.4) is 0 Å². The van der Waals surface area contributed by atoms with E-state index in [1.807, 2.05) is 36.4 Å². The molecule has 1 aliphatic carbocycles. The van der Waals surface area contributed by atoms with E-state index in [4.69, 9.17) is 0 Å². The van der Waals surface area contributed by atoms with E-state index >= 15 is 0 Å². The molecular formula is C18H23N3O2S. The average Bonchev–Trinajstić information content (AvgIpc) is 3.09. The number of sulfonamides is 1. The Morgan fingerprint density at radius 2 is 1.79 bits per heavy atom. The van der Waals surface area contributed by atoms with Gasteiger partial charge < -0.3 is 5.32 Å². The second kappa shape index (κ2) is 7.66. The van der Waals surface area contributed by atoms with E-state index in [2.05, 4.69) is 15.0 Å². The Morgan fingerprint density at radius 3 is 2.46 bits per heavy atom. The number of benzene rings is 1. The molecule has 24 heavy (non-hydrogen) atoms. The summed E-state index contributed by atoms with van der Waals surface area (Å²) in [4.78, 5) is 4.21. The zero-order valence-corrected chi connectivity index (χ0v) is 14.4. The molecule has 1 aliphatic rings. The molecule has 0 unspecified atom stereocenters. The molecule has 6 heteroatoms. The minimum absolute atomic E-state index is 0.0424. The van der Waals surface area contributed by atoms with Crippen LogP contribution in [0, 0.1) is 0 Å². The van der Waals surface area contributed by atoms with Crippen LogP contribution in [-0.2, 0) is 16.4 Å². The first-order chi connectivity index (χ1) is 11.6. The van der Waals surface area contributed by atoms with Gasteiger partial charge in [0, 0.05) is 6.04 Å². The van der Waals surface area contributed by atoms with Crippen molar-refractivity contribution in [3.8, 4) is 0 Å². The number of hydrogen-bond donors (Lipinski definition) is 2. The predicted octanol–water partition coefficient (Wildman–Crippen LogP) is 3.42. The first-order valence-corrected chi connectivity index (χ1v) is 10.0. The highest BCUT2D eigenvalue weighted by atomic mass is 32.2. The van der Waals surface area contributed by atoms with Gasteiger partial charge in [0.25, 0.3) is 0 Å². The van der Waals surface area contributed by atoms with Gasteiger partial charge in [0.2, 0.25) is 10.0 Å². The Bertz CT molecular complexity index is 740. The number of pyridine rings is 1. The van der Waals surface area contributed by atoms with E-state index in [0.717, 1.165) is 11.3 Å². The molecule has 5 nitrogen and oxygen atoms in total. The molecule has 0 spiro atoms. The number of aryl methyl sites for hydroxylation is 1. The Morgan fingerprint density at radius 1 is 1.04 bits per heavy atom. The number of nitrogens with one attached hydrogen (secondary N) is 2. The van der Waals surface area contributed by atoms with Gasteiger partial charge in [-0.15, -0.1) is 0 Å². The van der Waals surface area contributed by atoms with Crippen LogP contribution in [-0.4, -0.2) is 25.2 Å². The van der Waals surface area contributed by atoms with Crippen LogP contribution in [0.25, 0.3) is 0 Å². The lowest BCUT2D eigenvalue weighted by atomic mass is 10.2. The van der Waals surface area contributed by atoms with Crippen molar-refractivity contribution < 1.29 is 8.42 Å². The van der Waals surface area contributed by atoms with Gasteiger partial charge in [0.15, 0.2) is 0 Å². The monoisotopic (exact) mass is 345 g/mol. The topological polar surface area (TPSA) is 71.1 Å². The zero-order valence-electron chi connectivity index (χ0n) is 13.6. The minimum atomic E-state index is -3.40. The van der Waals surface area contributed by atoms with Crippen LogP contribution >= 0.6 is 0 Å². The van der Waals surface area contributed by atoms with E-state index in [0.29, 0.717) is 18.3 Å². The van der Waals surface area contributed by atoms with Crippen LogP contribution in [0.4, 0.5) is 11.5 Å². The maximum atomic E-state index is 12.2. The van der Waals surface area contributed by atoms with E-state index in [-0.39, 0.29) is 5.75 Å². The Balaban J connectivity index is 1.54. The molecule has 0 radical (unpaired) electrons. The molecule has 1 saturated carbocycles. The highest BCUT2D eigenvalue weighted by molar-refractivity contribution is 7.92. The number of rotatable bonds is 7. The SMILES string of the molecule is O=S(=O)(CCc1ccccc1)Nc1ccc(NC2CCCC2)cn1. The standard InChI is InChI=1S/C18H23N3O2S/c22-24(23,13-12-15-6-2-1-3-7-15)21-18-11-10-17(14-19-18)20-16-8-4-5-9-16/h1-3,6-7,10-11,14,16,20H,4-5,8-9,12-13H2,(H,19,21). The van der Waals surface area contributed by atoms with Crippen molar-refractivity contribution >= 4 is 21.5 Å². The molecule has 1 aromatic heterocycles. The van der Waals surface area contributed by atoms with Gasteiger partial charge in [-0.05, 0) is 37.0 Å². The predicted molar refractivity (Wildman–Crippen MR) is 97.7 cm³/mol. The normalized spacial score (nSPS) is 15.3. The van der Waals surface area contributed by atoms with Crippen molar-refractivity contribution in [1.29, 1.82) is 0 Å². The van der Waals surface area contributed by atoms with Crippen molar-refractivity contribution in [2.24, 2.45) is 0 Å². The highest BCUT2D eigenvalue weighted by Gasteiger charge is 2.15. The van der Waals surface area contributed by atoms with E-state index < -0.39 is 10.0 Å². The van der Waals surface area contributed by atoms with Crippen molar-refractivity contribution in [1.82, 2.24) is 4.98 Å². The van der Waals surface area contributed by atoms with Gasteiger partial charge in [-0.2, -0.15) is 0 Å². The smallest absolute Gasteiger partial charge is 0.234 e. The van der Waals surface area contributed by atoms with Gasteiger partial charge in [0.05, 0.1) is 17.6 Å². The molecule has 128 valence electrons. The summed E-state index contributed by atoms with van der Waals surface area (Å²) in [6.07, 6.45) is 7.08. The second-order valence-electron chi connectivity index (χ2n) is 6.21. The Kier molecular flexibility index (Phi) is 5.35. The molecular weight excluding hydrogens is 322 g/mol. The molecule has 3 rings (SSSR count). The molecule has 0 saturated heterocycles. The molecule has 2 aromatic rings. The fourth-order valence-electron chi connectivity index (χ4n) is 2.95. The van der Waals surface area contributed by atoms with Crippen molar-refractivity contribution in [3.63, 3.8) is 0 Å². The fourth-order valence-corrected chi connectivity index (χ4v) is 4.00. The number of nitrogens with zero attached hydrogens (tertiary/aromatic N) is 1. The molecule has 1 heterocycles. The summed E-state index contributed by atoms with van der Waals surface area (Å²) in [5.41, 5.74) is 1.95. The quantitative estimate of drug-likeness (QED) is 0.806. The lowest BCUT2D eigenvalue weighted by Gasteiger charge is -2.13. The van der Waals surface area contributed by atoms with E-state index in [1.165, 1.54) is 25.7 Å². The molecule has 0 amide bonds. The summed E-state index contributed by atoms with van der Waals surface area (Å²) in [7, 11) is -3.40. The van der Waals surface area contributed by atoms with Gasteiger partial charge in [0.1, 0.15) is 5.82 Å². The first kappa shape index (κ1) is 16.8.